The number of unbranched alkanes of at least 4 members (excludes halogenated alkanes) is 1. The van der Waals surface area contributed by atoms with E-state index in [-0.39, 0.29) is 27.3 Å². The summed E-state index contributed by atoms with van der Waals surface area (Å²) in [6.07, 6.45) is 6.68. The third-order valence-corrected chi connectivity index (χ3v) is 24.8. The van der Waals surface area contributed by atoms with E-state index in [0.29, 0.717) is 23.6 Å². The summed E-state index contributed by atoms with van der Waals surface area (Å²) in [6, 6.07) is 0. The van der Waals surface area contributed by atoms with E-state index in [1.807, 2.05) is 10.8 Å². The summed E-state index contributed by atoms with van der Waals surface area (Å²) in [7, 11) is -6.68. The van der Waals surface area contributed by atoms with Crippen molar-refractivity contribution in [2.24, 2.45) is 0 Å². The molecule has 48 heavy (non-hydrogen) atoms. The Hall–Kier alpha value is -1.82. The van der Waals surface area contributed by atoms with Crippen molar-refractivity contribution in [3.8, 4) is 5.82 Å². The Morgan fingerprint density at radius 2 is 1.38 bits per heavy atom. The summed E-state index contributed by atoms with van der Waals surface area (Å²) in [4.78, 5) is 14.2. The van der Waals surface area contributed by atoms with Crippen LogP contribution in [0.15, 0.2) is 18.9 Å². The summed E-state index contributed by atoms with van der Waals surface area (Å²) in [5.74, 6) is 0.584. The van der Waals surface area contributed by atoms with Crippen molar-refractivity contribution in [1.82, 2.24) is 34.5 Å². The van der Waals surface area contributed by atoms with Crippen LogP contribution in [0.1, 0.15) is 94.0 Å². The van der Waals surface area contributed by atoms with Crippen LogP contribution in [-0.4, -0.2) is 84.4 Å². The maximum atomic E-state index is 7.35. The van der Waals surface area contributed by atoms with Crippen LogP contribution >= 0.6 is 0 Å². The standard InChI is InChI=1S/C34H63N7O4Si3/c1-17-18-19-24-20-41(39-38-24)30-26-29(35-22-36-30)40(23-37-26)31-28(45-48(15,16)34(8,9)10)27(44-47(13,14)33(5,6)7)25(43-31)21-42-46(11,12)32(2,3)4/h20,22-23,25,27-28,31H,17-19,21H2,1-16H3/t25-,27-,28-,31-/m1/s1. The molecule has 14 heteroatoms. The van der Waals surface area contributed by atoms with Crippen LogP contribution in [0.5, 0.6) is 0 Å². The molecule has 1 aliphatic rings. The number of hydrogen-bond acceptors (Lipinski definition) is 9. The number of imidazole rings is 1. The molecule has 4 atom stereocenters. The van der Waals surface area contributed by atoms with Crippen LogP contribution in [0, 0.1) is 0 Å². The second kappa shape index (κ2) is 13.7. The number of fused-ring (bicyclic) bond motifs is 1. The first-order valence-electron chi connectivity index (χ1n) is 17.6. The molecule has 3 aromatic heterocycles. The maximum absolute atomic E-state index is 7.35. The van der Waals surface area contributed by atoms with Gasteiger partial charge in [-0.05, 0) is 67.2 Å². The van der Waals surface area contributed by atoms with Gasteiger partial charge < -0.3 is 18.0 Å². The topological polar surface area (TPSA) is 111 Å². The van der Waals surface area contributed by atoms with Gasteiger partial charge in [0.15, 0.2) is 48.2 Å². The third-order valence-electron chi connectivity index (χ3n) is 11.3. The number of rotatable bonds is 12. The molecule has 0 amide bonds. The first kappa shape index (κ1) is 39.0. The lowest BCUT2D eigenvalue weighted by atomic mass is 10.1. The Labute approximate surface area is 292 Å². The van der Waals surface area contributed by atoms with Crippen molar-refractivity contribution in [2.75, 3.05) is 6.61 Å². The van der Waals surface area contributed by atoms with Gasteiger partial charge in [-0.25, -0.2) is 15.0 Å². The van der Waals surface area contributed by atoms with E-state index in [4.69, 9.17) is 28.0 Å². The van der Waals surface area contributed by atoms with Gasteiger partial charge in [-0.1, -0.05) is 80.9 Å². The van der Waals surface area contributed by atoms with Gasteiger partial charge >= 0.3 is 0 Å². The molecular formula is C34H63N7O4Si3. The van der Waals surface area contributed by atoms with Crippen molar-refractivity contribution in [3.63, 3.8) is 0 Å². The molecule has 1 saturated heterocycles. The molecule has 0 saturated carbocycles. The molecule has 0 aromatic carbocycles. The monoisotopic (exact) mass is 717 g/mol. The van der Waals surface area contributed by atoms with Gasteiger partial charge in [-0.15, -0.1) is 5.10 Å². The van der Waals surface area contributed by atoms with Gasteiger partial charge in [0.1, 0.15) is 24.6 Å². The molecule has 0 aliphatic carbocycles. The first-order chi connectivity index (χ1) is 21.9. The molecule has 1 aliphatic heterocycles. The summed E-state index contributed by atoms with van der Waals surface area (Å²) >= 11 is 0. The molecular weight excluding hydrogens is 655 g/mol. The Kier molecular flexibility index (Phi) is 11.1. The van der Waals surface area contributed by atoms with Gasteiger partial charge in [0.05, 0.1) is 24.8 Å². The third kappa shape index (κ3) is 8.05. The average Bonchev–Trinajstić information content (AvgIpc) is 3.66. The van der Waals surface area contributed by atoms with Gasteiger partial charge in [-0.2, -0.15) is 4.68 Å². The van der Waals surface area contributed by atoms with E-state index in [2.05, 4.69) is 124 Å². The molecule has 0 radical (unpaired) electrons. The molecule has 11 nitrogen and oxygen atoms in total. The number of ether oxygens (including phenoxy) is 1. The fourth-order valence-electron chi connectivity index (χ4n) is 4.94. The normalized spacial score (nSPS) is 21.8. The van der Waals surface area contributed by atoms with E-state index in [1.165, 1.54) is 0 Å². The van der Waals surface area contributed by atoms with Crippen LogP contribution in [0.25, 0.3) is 17.0 Å². The predicted octanol–water partition coefficient (Wildman–Crippen LogP) is 8.45. The molecule has 0 N–H and O–H groups in total. The summed E-state index contributed by atoms with van der Waals surface area (Å²) in [6.45, 7) is 36.8. The zero-order valence-electron chi connectivity index (χ0n) is 32.6. The van der Waals surface area contributed by atoms with Crippen LogP contribution in [0.2, 0.25) is 54.4 Å². The highest BCUT2D eigenvalue weighted by molar-refractivity contribution is 6.75. The van der Waals surface area contributed by atoms with Crippen molar-refractivity contribution in [3.05, 3.63) is 24.5 Å². The van der Waals surface area contributed by atoms with Gasteiger partial charge in [0.25, 0.3) is 0 Å². The number of aromatic nitrogens is 7. The molecule has 4 heterocycles. The molecule has 0 unspecified atom stereocenters. The minimum atomic E-state index is -2.31. The highest BCUT2D eigenvalue weighted by Gasteiger charge is 2.55. The van der Waals surface area contributed by atoms with Gasteiger partial charge in [0.2, 0.25) is 0 Å². The number of aryl methyl sites for hydroxylation is 1. The van der Waals surface area contributed by atoms with E-state index < -0.39 is 37.3 Å². The van der Waals surface area contributed by atoms with E-state index in [1.54, 1.807) is 17.3 Å². The Morgan fingerprint density at radius 3 is 1.94 bits per heavy atom. The van der Waals surface area contributed by atoms with Crippen molar-refractivity contribution < 1.29 is 18.0 Å². The summed E-state index contributed by atoms with van der Waals surface area (Å²) in [5.41, 5.74) is 2.21. The highest BCUT2D eigenvalue weighted by Crippen LogP contribution is 2.47. The minimum absolute atomic E-state index is 0.00490. The van der Waals surface area contributed by atoms with E-state index >= 15 is 0 Å². The van der Waals surface area contributed by atoms with Gasteiger partial charge in [0, 0.05) is 0 Å². The fourth-order valence-corrected chi connectivity index (χ4v) is 8.56. The second-order valence-corrected chi connectivity index (χ2v) is 32.4. The highest BCUT2D eigenvalue weighted by atomic mass is 28.4. The number of nitrogens with zero attached hydrogens (tertiary/aromatic N) is 7. The van der Waals surface area contributed by atoms with Crippen LogP contribution in [-0.2, 0) is 24.4 Å². The zero-order valence-corrected chi connectivity index (χ0v) is 35.6. The average molecular weight is 718 g/mol. The van der Waals surface area contributed by atoms with Crippen LogP contribution in [0.3, 0.4) is 0 Å². The largest absolute Gasteiger partial charge is 0.414 e. The molecule has 1 fully saturated rings. The lowest BCUT2D eigenvalue weighted by Gasteiger charge is -2.44. The Morgan fingerprint density at radius 1 is 0.792 bits per heavy atom. The summed E-state index contributed by atoms with van der Waals surface area (Å²) in [5, 5.41) is 8.80. The van der Waals surface area contributed by atoms with Crippen molar-refractivity contribution in [1.29, 1.82) is 0 Å². The fraction of sp³-hybridized carbons (Fsp3) is 0.794. The Balaban J connectivity index is 1.83. The lowest BCUT2D eigenvalue weighted by Crippen LogP contribution is -2.54. The zero-order chi connectivity index (χ0) is 36.1. The SMILES string of the molecule is CCCCc1cn(-c2ncnc3c2ncn3[C@@H]2O[C@H](CO[Si](C)(C)C(C)(C)C)[C@@H](O[Si](C)(C)C(C)(C)C)[C@H]2O[Si](C)(C)C(C)(C)C)nn1. The second-order valence-electron chi connectivity index (χ2n) is 18.1. The molecule has 270 valence electrons. The summed E-state index contributed by atoms with van der Waals surface area (Å²) < 4.78 is 32.3. The quantitative estimate of drug-likeness (QED) is 0.170. The van der Waals surface area contributed by atoms with Crippen molar-refractivity contribution in [2.45, 2.75) is 167 Å². The first-order valence-corrected chi connectivity index (χ1v) is 26.4. The van der Waals surface area contributed by atoms with E-state index in [9.17, 15) is 0 Å². The van der Waals surface area contributed by atoms with Crippen LogP contribution in [0.4, 0.5) is 0 Å². The minimum Gasteiger partial charge on any atom is -0.414 e. The molecule has 0 bridgehead atoms. The molecule has 0 spiro atoms. The van der Waals surface area contributed by atoms with Crippen LogP contribution < -0.4 is 0 Å². The predicted molar refractivity (Wildman–Crippen MR) is 200 cm³/mol. The number of hydrogen-bond donors (Lipinski definition) is 0. The lowest BCUT2D eigenvalue weighted by molar-refractivity contribution is -0.0470. The maximum Gasteiger partial charge on any atom is 0.192 e. The van der Waals surface area contributed by atoms with Gasteiger partial charge in [-0.3, -0.25) is 4.57 Å². The smallest absolute Gasteiger partial charge is 0.192 e. The molecule has 4 rings (SSSR count). The molecule has 3 aromatic rings. The van der Waals surface area contributed by atoms with Crippen molar-refractivity contribution >= 4 is 36.1 Å². The van der Waals surface area contributed by atoms with E-state index in [0.717, 1.165) is 25.0 Å². The Bertz CT molecular complexity index is 1540.